The van der Waals surface area contributed by atoms with Crippen molar-refractivity contribution in [3.8, 4) is 11.3 Å². The molecule has 1 aromatic heterocycles. The molecule has 2 aliphatic rings. The minimum Gasteiger partial charge on any atom is -0.381 e. The van der Waals surface area contributed by atoms with E-state index in [1.165, 1.54) is 18.3 Å². The number of aromatic nitrogens is 2. The van der Waals surface area contributed by atoms with Crippen LogP contribution in [0.15, 0.2) is 30.5 Å². The first-order valence-corrected chi connectivity index (χ1v) is 9.05. The van der Waals surface area contributed by atoms with E-state index in [2.05, 4.69) is 9.97 Å². The van der Waals surface area contributed by atoms with Crippen molar-refractivity contribution >= 4 is 5.91 Å². The van der Waals surface area contributed by atoms with E-state index in [0.29, 0.717) is 37.7 Å². The highest BCUT2D eigenvalue weighted by molar-refractivity contribution is 5.80. The van der Waals surface area contributed by atoms with Crippen LogP contribution in [0.2, 0.25) is 0 Å². The summed E-state index contributed by atoms with van der Waals surface area (Å²) in [6.07, 6.45) is -0.726. The number of hydrogen-bond acceptors (Lipinski definition) is 3. The summed E-state index contributed by atoms with van der Waals surface area (Å²) < 4.78 is 45.2. The van der Waals surface area contributed by atoms with Crippen molar-refractivity contribution in [3.05, 3.63) is 41.9 Å². The lowest BCUT2D eigenvalue weighted by atomic mass is 10.0. The number of halogens is 3. The Balaban J connectivity index is 1.60. The second kappa shape index (κ2) is 6.99. The summed E-state index contributed by atoms with van der Waals surface area (Å²) in [6, 6.07) is 5.18. The summed E-state index contributed by atoms with van der Waals surface area (Å²) in [7, 11) is 0. The van der Waals surface area contributed by atoms with Crippen LogP contribution in [0.1, 0.15) is 36.7 Å². The lowest BCUT2D eigenvalue weighted by molar-refractivity contribution is -0.137. The number of carbonyl (C=O) groups is 1. The number of benzene rings is 1. The van der Waals surface area contributed by atoms with E-state index in [1.54, 1.807) is 11.0 Å². The van der Waals surface area contributed by atoms with Gasteiger partial charge in [-0.1, -0.05) is 18.2 Å². The second-order valence-corrected chi connectivity index (χ2v) is 6.98. The maximum Gasteiger partial charge on any atom is 0.417 e. The number of imidazole rings is 1. The summed E-state index contributed by atoms with van der Waals surface area (Å²) in [5.41, 5.74) is -0.340. The van der Waals surface area contributed by atoms with Gasteiger partial charge in [-0.15, -0.1) is 0 Å². The third kappa shape index (κ3) is 3.45. The maximum atomic E-state index is 13.3. The molecule has 0 radical (unpaired) electrons. The van der Waals surface area contributed by atoms with Crippen LogP contribution in [-0.4, -0.2) is 40.5 Å². The number of nitrogens with one attached hydrogen (secondary N) is 1. The zero-order valence-electron chi connectivity index (χ0n) is 14.6. The number of likely N-dealkylation sites (tertiary alicyclic amines) is 1. The Bertz CT molecular complexity index is 828. The number of hydrogen-bond donors (Lipinski definition) is 1. The first-order valence-electron chi connectivity index (χ1n) is 9.05. The maximum absolute atomic E-state index is 13.3. The lowest BCUT2D eigenvalue weighted by Gasteiger charge is -2.25. The Hall–Kier alpha value is -2.35. The highest BCUT2D eigenvalue weighted by Gasteiger charge is 2.37. The molecule has 8 heteroatoms. The summed E-state index contributed by atoms with van der Waals surface area (Å²) in [4.78, 5) is 21.9. The van der Waals surface area contributed by atoms with Crippen molar-refractivity contribution in [1.82, 2.24) is 14.9 Å². The molecule has 0 bridgehead atoms. The minimum absolute atomic E-state index is 0.0450. The van der Waals surface area contributed by atoms with Gasteiger partial charge in [0.1, 0.15) is 5.82 Å². The molecule has 1 N–H and O–H groups in total. The fourth-order valence-electron chi connectivity index (χ4n) is 3.89. The van der Waals surface area contributed by atoms with Crippen LogP contribution in [-0.2, 0) is 15.7 Å². The van der Waals surface area contributed by atoms with Crippen LogP contribution in [0.4, 0.5) is 13.2 Å². The van der Waals surface area contributed by atoms with Crippen LogP contribution in [0.3, 0.4) is 0 Å². The number of alkyl halides is 3. The van der Waals surface area contributed by atoms with Crippen LogP contribution in [0, 0.1) is 5.92 Å². The van der Waals surface area contributed by atoms with E-state index in [1.807, 2.05) is 0 Å². The third-order valence-corrected chi connectivity index (χ3v) is 5.25. The Morgan fingerprint density at radius 2 is 2.07 bits per heavy atom. The van der Waals surface area contributed by atoms with Crippen molar-refractivity contribution in [2.24, 2.45) is 5.92 Å². The van der Waals surface area contributed by atoms with Crippen molar-refractivity contribution in [2.75, 3.05) is 19.8 Å². The van der Waals surface area contributed by atoms with Gasteiger partial charge in [-0.2, -0.15) is 13.2 Å². The SMILES string of the molecule is O=C(C1CCOC1)N1CCCC1c1ncc(-c2ccccc2C(F)(F)F)[nH]1. The lowest BCUT2D eigenvalue weighted by Crippen LogP contribution is -2.36. The van der Waals surface area contributed by atoms with E-state index in [-0.39, 0.29) is 23.4 Å². The normalized spacial score (nSPS) is 23.1. The molecule has 2 aromatic rings. The molecule has 4 rings (SSSR count). The van der Waals surface area contributed by atoms with Crippen molar-refractivity contribution in [2.45, 2.75) is 31.5 Å². The van der Waals surface area contributed by atoms with E-state index in [0.717, 1.165) is 18.9 Å². The van der Waals surface area contributed by atoms with Gasteiger partial charge < -0.3 is 14.6 Å². The number of nitrogens with zero attached hydrogens (tertiary/aromatic N) is 2. The van der Waals surface area contributed by atoms with Gasteiger partial charge in [0.05, 0.1) is 36.0 Å². The highest BCUT2D eigenvalue weighted by Crippen LogP contribution is 2.38. The first-order chi connectivity index (χ1) is 12.9. The van der Waals surface area contributed by atoms with Crippen LogP contribution in [0.5, 0.6) is 0 Å². The Kier molecular flexibility index (Phi) is 4.67. The molecular formula is C19H20F3N3O2. The molecule has 1 amide bonds. The fourth-order valence-corrected chi connectivity index (χ4v) is 3.89. The van der Waals surface area contributed by atoms with E-state index >= 15 is 0 Å². The summed E-state index contributed by atoms with van der Waals surface area (Å²) in [6.45, 7) is 1.66. The smallest absolute Gasteiger partial charge is 0.381 e. The fraction of sp³-hybridized carbons (Fsp3) is 0.474. The summed E-state index contributed by atoms with van der Waals surface area (Å²) >= 11 is 0. The molecule has 27 heavy (non-hydrogen) atoms. The molecule has 0 aliphatic carbocycles. The Morgan fingerprint density at radius 1 is 1.26 bits per heavy atom. The predicted molar refractivity (Wildman–Crippen MR) is 91.6 cm³/mol. The molecule has 2 fully saturated rings. The highest BCUT2D eigenvalue weighted by atomic mass is 19.4. The average Bonchev–Trinajstić information content (AvgIpc) is 3.41. The van der Waals surface area contributed by atoms with Crippen LogP contribution >= 0.6 is 0 Å². The number of rotatable bonds is 3. The van der Waals surface area contributed by atoms with Crippen molar-refractivity contribution in [3.63, 3.8) is 0 Å². The molecule has 3 heterocycles. The molecule has 1 aromatic carbocycles. The quantitative estimate of drug-likeness (QED) is 0.883. The molecular weight excluding hydrogens is 359 g/mol. The zero-order chi connectivity index (χ0) is 19.0. The Labute approximate surface area is 154 Å². The molecule has 0 spiro atoms. The number of amides is 1. The predicted octanol–water partition coefficient (Wildman–Crippen LogP) is 3.80. The van der Waals surface area contributed by atoms with Gasteiger partial charge in [-0.05, 0) is 25.3 Å². The Morgan fingerprint density at radius 3 is 2.81 bits per heavy atom. The largest absolute Gasteiger partial charge is 0.417 e. The molecule has 2 aliphatic heterocycles. The number of carbonyl (C=O) groups excluding carboxylic acids is 1. The summed E-state index contributed by atoms with van der Waals surface area (Å²) in [5.74, 6) is 0.446. The van der Waals surface area contributed by atoms with Crippen LogP contribution < -0.4 is 0 Å². The number of ether oxygens (including phenoxy) is 1. The van der Waals surface area contributed by atoms with Gasteiger partial charge in [0.2, 0.25) is 5.91 Å². The standard InChI is InChI=1S/C19H20F3N3O2/c20-19(21,22)14-5-2-1-4-13(14)15-10-23-17(24-15)16-6-3-8-25(16)18(26)12-7-9-27-11-12/h1-2,4-5,10,12,16H,3,6-9,11H2,(H,23,24). The first kappa shape index (κ1) is 18.0. The van der Waals surface area contributed by atoms with E-state index in [9.17, 15) is 18.0 Å². The van der Waals surface area contributed by atoms with Gasteiger partial charge in [-0.25, -0.2) is 4.98 Å². The molecule has 2 atom stereocenters. The van der Waals surface area contributed by atoms with Gasteiger partial charge in [0, 0.05) is 18.7 Å². The second-order valence-electron chi connectivity index (χ2n) is 6.98. The molecule has 144 valence electrons. The molecule has 5 nitrogen and oxygen atoms in total. The van der Waals surface area contributed by atoms with E-state index in [4.69, 9.17) is 4.74 Å². The molecule has 0 saturated carbocycles. The molecule has 2 unspecified atom stereocenters. The van der Waals surface area contributed by atoms with E-state index < -0.39 is 11.7 Å². The minimum atomic E-state index is -4.44. The van der Waals surface area contributed by atoms with Gasteiger partial charge in [0.25, 0.3) is 0 Å². The zero-order valence-corrected chi connectivity index (χ0v) is 14.6. The number of H-pyrrole nitrogens is 1. The third-order valence-electron chi connectivity index (χ3n) is 5.25. The van der Waals surface area contributed by atoms with Gasteiger partial charge in [0.15, 0.2) is 0 Å². The van der Waals surface area contributed by atoms with Crippen LogP contribution in [0.25, 0.3) is 11.3 Å². The van der Waals surface area contributed by atoms with Gasteiger partial charge in [-0.3, -0.25) is 4.79 Å². The van der Waals surface area contributed by atoms with Crippen molar-refractivity contribution < 1.29 is 22.7 Å². The monoisotopic (exact) mass is 379 g/mol. The topological polar surface area (TPSA) is 58.2 Å². The molecule has 2 saturated heterocycles. The summed E-state index contributed by atoms with van der Waals surface area (Å²) in [5, 5.41) is 0. The average molecular weight is 379 g/mol. The number of aromatic amines is 1. The van der Waals surface area contributed by atoms with Gasteiger partial charge >= 0.3 is 6.18 Å². The van der Waals surface area contributed by atoms with Crippen molar-refractivity contribution in [1.29, 1.82) is 0 Å².